The Kier molecular flexibility index (Phi) is 10.8. The van der Waals surface area contributed by atoms with E-state index >= 15 is 0 Å². The number of rotatable bonds is 14. The first kappa shape index (κ1) is 29.9. The fourth-order valence-corrected chi connectivity index (χ4v) is 4.06. The predicted molar refractivity (Wildman–Crippen MR) is 148 cm³/mol. The maximum absolute atomic E-state index is 11.2. The van der Waals surface area contributed by atoms with Crippen LogP contribution in [0, 0.1) is 45.6 Å². The molecule has 1 aliphatic rings. The van der Waals surface area contributed by atoms with Gasteiger partial charge < -0.3 is 20.1 Å². The summed E-state index contributed by atoms with van der Waals surface area (Å²) in [6.45, 7) is 5.75. The molecular weight excluding hydrogens is 516 g/mol. The SMILES string of the molecule is COCCCNc1nc(NCCCOC)c(/N=N/c2nn(C3=CC=C([N+](=O)[O-])C(C)C3)cc2C#N)c(C)c1C#N. The molecular formula is C26H32N10O4. The van der Waals surface area contributed by atoms with E-state index in [0.29, 0.717) is 73.3 Å². The Hall–Kier alpha value is -4.66. The van der Waals surface area contributed by atoms with E-state index in [1.165, 1.54) is 17.0 Å². The van der Waals surface area contributed by atoms with Crippen molar-refractivity contribution in [1.82, 2.24) is 14.8 Å². The number of pyridine rings is 1. The minimum absolute atomic E-state index is 0.0742. The minimum atomic E-state index is -0.394. The Bertz CT molecular complexity index is 1400. The zero-order valence-electron chi connectivity index (χ0n) is 23.0. The van der Waals surface area contributed by atoms with Gasteiger partial charge in [-0.15, -0.1) is 15.3 Å². The van der Waals surface area contributed by atoms with Crippen molar-refractivity contribution < 1.29 is 14.4 Å². The molecule has 0 fully saturated rings. The van der Waals surface area contributed by atoms with E-state index in [-0.39, 0.29) is 23.0 Å². The molecule has 1 aliphatic carbocycles. The van der Waals surface area contributed by atoms with Crippen LogP contribution in [0.25, 0.3) is 5.70 Å². The van der Waals surface area contributed by atoms with Crippen LogP contribution in [0.4, 0.5) is 23.1 Å². The number of nitrogens with one attached hydrogen (secondary N) is 2. The van der Waals surface area contributed by atoms with E-state index < -0.39 is 4.92 Å². The van der Waals surface area contributed by atoms with Crippen LogP contribution in [-0.2, 0) is 9.47 Å². The molecule has 2 N–H and O–H groups in total. The topological polar surface area (TPSA) is 189 Å². The van der Waals surface area contributed by atoms with Gasteiger partial charge in [-0.2, -0.15) is 10.5 Å². The van der Waals surface area contributed by atoms with Crippen molar-refractivity contribution in [2.75, 3.05) is 51.2 Å². The zero-order chi connectivity index (χ0) is 29.1. The molecule has 0 saturated carbocycles. The number of nitrogens with zero attached hydrogens (tertiary/aromatic N) is 8. The van der Waals surface area contributed by atoms with Gasteiger partial charge >= 0.3 is 0 Å². The molecule has 0 saturated heterocycles. The van der Waals surface area contributed by atoms with Crippen LogP contribution < -0.4 is 10.6 Å². The summed E-state index contributed by atoms with van der Waals surface area (Å²) in [7, 11) is 3.25. The standard InChI is InChI=1S/C26H32N10O4/c1-17-13-20(7-8-22(17)36(37)38)35-16-19(14-27)24(34-35)33-32-23-18(2)21(15-28)25(29-9-5-11-39-3)31-26(23)30-10-6-12-40-4/h7-8,16-17H,5-6,9-13H2,1-4H3,(H2,29,30,31)/b33-32+. The van der Waals surface area contributed by atoms with Gasteiger partial charge in [-0.1, -0.05) is 6.92 Å². The third-order valence-electron chi connectivity index (χ3n) is 6.19. The summed E-state index contributed by atoms with van der Waals surface area (Å²) < 4.78 is 11.7. The number of aromatic nitrogens is 3. The lowest BCUT2D eigenvalue weighted by Gasteiger charge is -2.15. The number of nitro groups is 1. The number of anilines is 2. The van der Waals surface area contributed by atoms with E-state index in [1.807, 2.05) is 0 Å². The van der Waals surface area contributed by atoms with Gasteiger partial charge in [0.25, 0.3) is 0 Å². The number of methoxy groups -OCH3 is 2. The summed E-state index contributed by atoms with van der Waals surface area (Å²) in [5, 5.41) is 50.2. The summed E-state index contributed by atoms with van der Waals surface area (Å²) >= 11 is 0. The first-order valence-corrected chi connectivity index (χ1v) is 12.7. The number of ether oxygens (including phenoxy) is 2. The number of nitriles is 2. The van der Waals surface area contributed by atoms with Crippen LogP contribution in [-0.4, -0.2) is 60.2 Å². The predicted octanol–water partition coefficient (Wildman–Crippen LogP) is 4.68. The Balaban J connectivity index is 1.97. The molecule has 1 atom stereocenters. The van der Waals surface area contributed by atoms with Gasteiger partial charge in [0.2, 0.25) is 11.5 Å². The highest BCUT2D eigenvalue weighted by Gasteiger charge is 2.26. The van der Waals surface area contributed by atoms with Gasteiger partial charge in [0, 0.05) is 64.3 Å². The first-order valence-electron chi connectivity index (χ1n) is 12.7. The summed E-state index contributed by atoms with van der Waals surface area (Å²) in [6, 6.07) is 4.26. The second-order valence-corrected chi connectivity index (χ2v) is 9.05. The molecule has 14 nitrogen and oxygen atoms in total. The van der Waals surface area contributed by atoms with Gasteiger partial charge in [0.1, 0.15) is 29.2 Å². The van der Waals surface area contributed by atoms with Crippen molar-refractivity contribution in [2.45, 2.75) is 33.1 Å². The Labute approximate surface area is 232 Å². The molecule has 0 aromatic carbocycles. The molecule has 0 radical (unpaired) electrons. The van der Waals surface area contributed by atoms with Gasteiger partial charge in [0.05, 0.1) is 22.6 Å². The van der Waals surface area contributed by atoms with Crippen molar-refractivity contribution in [3.63, 3.8) is 0 Å². The highest BCUT2D eigenvalue weighted by molar-refractivity contribution is 5.74. The van der Waals surface area contributed by atoms with Crippen molar-refractivity contribution in [3.05, 3.63) is 50.9 Å². The normalized spacial score (nSPS) is 14.8. The smallest absolute Gasteiger partial charge is 0.249 e. The summed E-state index contributed by atoms with van der Waals surface area (Å²) in [6.07, 6.45) is 6.40. The molecule has 14 heteroatoms. The van der Waals surface area contributed by atoms with Crippen LogP contribution in [0.3, 0.4) is 0 Å². The van der Waals surface area contributed by atoms with Crippen LogP contribution in [0.15, 0.2) is 34.3 Å². The van der Waals surface area contributed by atoms with E-state index in [0.717, 1.165) is 6.42 Å². The minimum Gasteiger partial charge on any atom is -0.385 e. The largest absolute Gasteiger partial charge is 0.385 e. The molecule has 3 rings (SSSR count). The molecule has 210 valence electrons. The second-order valence-electron chi connectivity index (χ2n) is 9.05. The molecule has 40 heavy (non-hydrogen) atoms. The lowest BCUT2D eigenvalue weighted by atomic mass is 9.97. The summed E-state index contributed by atoms with van der Waals surface area (Å²) in [5.41, 5.74) is 2.22. The molecule has 0 bridgehead atoms. The van der Waals surface area contributed by atoms with E-state index in [1.54, 1.807) is 34.1 Å². The zero-order valence-corrected chi connectivity index (χ0v) is 23.0. The molecule has 0 aliphatic heterocycles. The van der Waals surface area contributed by atoms with Crippen LogP contribution in [0.2, 0.25) is 0 Å². The van der Waals surface area contributed by atoms with Gasteiger partial charge in [-0.25, -0.2) is 9.67 Å². The lowest BCUT2D eigenvalue weighted by molar-refractivity contribution is -0.433. The number of hydrogen-bond acceptors (Lipinski definition) is 12. The number of allylic oxidation sites excluding steroid dienone is 4. The average molecular weight is 549 g/mol. The Morgan fingerprint density at radius 1 is 1.12 bits per heavy atom. The Morgan fingerprint density at radius 2 is 1.80 bits per heavy atom. The molecule has 1 unspecified atom stereocenters. The maximum atomic E-state index is 11.2. The second kappa shape index (κ2) is 14.5. The van der Waals surface area contributed by atoms with Crippen molar-refractivity contribution in [3.8, 4) is 12.1 Å². The average Bonchev–Trinajstić information content (AvgIpc) is 3.36. The molecule has 2 aromatic rings. The third-order valence-corrected chi connectivity index (χ3v) is 6.19. The third kappa shape index (κ3) is 7.25. The molecule has 2 aromatic heterocycles. The van der Waals surface area contributed by atoms with Gasteiger partial charge in [-0.3, -0.25) is 10.1 Å². The maximum Gasteiger partial charge on any atom is 0.249 e. The molecule has 2 heterocycles. The van der Waals surface area contributed by atoms with Crippen LogP contribution >= 0.6 is 0 Å². The number of azo groups is 1. The number of hydrogen-bond donors (Lipinski definition) is 2. The fourth-order valence-electron chi connectivity index (χ4n) is 4.06. The highest BCUT2D eigenvalue weighted by atomic mass is 16.6. The van der Waals surface area contributed by atoms with Crippen molar-refractivity contribution in [2.24, 2.45) is 16.1 Å². The first-order chi connectivity index (χ1) is 19.3. The van der Waals surface area contributed by atoms with E-state index in [9.17, 15) is 20.6 Å². The van der Waals surface area contributed by atoms with Crippen molar-refractivity contribution >= 4 is 28.8 Å². The summed E-state index contributed by atoms with van der Waals surface area (Å²) in [5.74, 6) is 0.600. The lowest BCUT2D eigenvalue weighted by Crippen LogP contribution is -2.14. The van der Waals surface area contributed by atoms with E-state index in [2.05, 4.69) is 43.1 Å². The Morgan fingerprint density at radius 3 is 2.38 bits per heavy atom. The van der Waals surface area contributed by atoms with Crippen LogP contribution in [0.1, 0.15) is 42.9 Å². The quantitative estimate of drug-likeness (QED) is 0.145. The monoisotopic (exact) mass is 548 g/mol. The summed E-state index contributed by atoms with van der Waals surface area (Å²) in [4.78, 5) is 15.4. The van der Waals surface area contributed by atoms with Crippen LogP contribution in [0.5, 0.6) is 0 Å². The molecule has 0 amide bonds. The van der Waals surface area contributed by atoms with E-state index in [4.69, 9.17) is 9.47 Å². The van der Waals surface area contributed by atoms with Gasteiger partial charge in [-0.05, 0) is 25.8 Å². The van der Waals surface area contributed by atoms with Crippen molar-refractivity contribution in [1.29, 1.82) is 10.5 Å². The molecule has 0 spiro atoms. The van der Waals surface area contributed by atoms with Gasteiger partial charge in [0.15, 0.2) is 5.82 Å². The highest BCUT2D eigenvalue weighted by Crippen LogP contribution is 2.35. The fraction of sp³-hybridized carbons (Fsp3) is 0.462.